The van der Waals surface area contributed by atoms with Gasteiger partial charge in [0, 0.05) is 55.5 Å². The fourth-order valence-corrected chi connectivity index (χ4v) is 2.77. The number of aryl methyl sites for hydroxylation is 3. The maximum atomic E-state index is 11.9. The molecule has 0 aliphatic heterocycles. The van der Waals surface area contributed by atoms with Gasteiger partial charge in [-0.15, -0.1) is 0 Å². The Labute approximate surface area is 152 Å². The number of nitrogens with one attached hydrogen (secondary N) is 1. The van der Waals surface area contributed by atoms with Crippen LogP contribution < -0.4 is 10.5 Å². The Balaban J connectivity index is 1.65. The molecule has 1 N–H and O–H groups in total. The molecule has 3 aromatic heterocycles. The van der Waals surface area contributed by atoms with Crippen LogP contribution in [-0.2, 0) is 6.54 Å². The number of aromatic nitrogens is 5. The highest BCUT2D eigenvalue weighted by molar-refractivity contribution is 5.56. The maximum absolute atomic E-state index is 11.9. The first-order valence-electron chi connectivity index (χ1n) is 8.68. The highest BCUT2D eigenvalue weighted by Crippen LogP contribution is 2.17. The van der Waals surface area contributed by atoms with E-state index in [9.17, 15) is 4.79 Å². The van der Waals surface area contributed by atoms with Crippen molar-refractivity contribution in [2.24, 2.45) is 0 Å². The summed E-state index contributed by atoms with van der Waals surface area (Å²) in [7, 11) is 2.03. The molecule has 136 valence electrons. The highest BCUT2D eigenvalue weighted by Gasteiger charge is 2.08. The van der Waals surface area contributed by atoms with E-state index in [1.54, 1.807) is 13.1 Å². The predicted molar refractivity (Wildman–Crippen MR) is 102 cm³/mol. The van der Waals surface area contributed by atoms with Crippen molar-refractivity contribution >= 4 is 5.82 Å². The highest BCUT2D eigenvalue weighted by atomic mass is 16.1. The molecule has 7 nitrogen and oxygen atoms in total. The van der Waals surface area contributed by atoms with Crippen molar-refractivity contribution < 1.29 is 0 Å². The SMILES string of the molecule is Cc1nc(-c2ccc(N(C)CCCn3ccnc3C)nc2)[nH]c(=O)c1C. The molecular formula is C19H24N6O. The van der Waals surface area contributed by atoms with Crippen LogP contribution in [0.15, 0.2) is 35.5 Å². The Morgan fingerprint density at radius 1 is 1.19 bits per heavy atom. The second kappa shape index (κ2) is 7.51. The third-order valence-corrected chi connectivity index (χ3v) is 4.62. The van der Waals surface area contributed by atoms with Crippen molar-refractivity contribution in [1.82, 2.24) is 24.5 Å². The quantitative estimate of drug-likeness (QED) is 0.737. The van der Waals surface area contributed by atoms with Gasteiger partial charge >= 0.3 is 0 Å². The average molecular weight is 352 g/mol. The predicted octanol–water partition coefficient (Wildman–Crippen LogP) is 2.48. The van der Waals surface area contributed by atoms with E-state index in [1.807, 2.05) is 45.4 Å². The summed E-state index contributed by atoms with van der Waals surface area (Å²) in [6, 6.07) is 3.89. The summed E-state index contributed by atoms with van der Waals surface area (Å²) < 4.78 is 2.14. The lowest BCUT2D eigenvalue weighted by Gasteiger charge is -2.18. The van der Waals surface area contributed by atoms with E-state index in [-0.39, 0.29) is 5.56 Å². The summed E-state index contributed by atoms with van der Waals surface area (Å²) in [6.45, 7) is 7.44. The second-order valence-corrected chi connectivity index (χ2v) is 6.47. The zero-order chi connectivity index (χ0) is 18.7. The molecule has 0 aliphatic carbocycles. The minimum atomic E-state index is -0.108. The average Bonchev–Trinajstić information content (AvgIpc) is 3.04. The van der Waals surface area contributed by atoms with Crippen LogP contribution >= 0.6 is 0 Å². The van der Waals surface area contributed by atoms with Gasteiger partial charge in [-0.2, -0.15) is 0 Å². The number of hydrogen-bond acceptors (Lipinski definition) is 5. The van der Waals surface area contributed by atoms with E-state index in [4.69, 9.17) is 0 Å². The Kier molecular flexibility index (Phi) is 5.16. The van der Waals surface area contributed by atoms with Gasteiger partial charge in [0.15, 0.2) is 0 Å². The van der Waals surface area contributed by atoms with Crippen LogP contribution in [0.25, 0.3) is 11.4 Å². The molecule has 0 unspecified atom stereocenters. The van der Waals surface area contributed by atoms with Crippen LogP contribution in [0.5, 0.6) is 0 Å². The molecule has 0 aliphatic rings. The molecule has 7 heteroatoms. The third-order valence-electron chi connectivity index (χ3n) is 4.62. The van der Waals surface area contributed by atoms with E-state index < -0.39 is 0 Å². The summed E-state index contributed by atoms with van der Waals surface area (Å²) in [6.07, 6.45) is 6.58. The molecule has 26 heavy (non-hydrogen) atoms. The molecule has 0 atom stereocenters. The van der Waals surface area contributed by atoms with Gasteiger partial charge in [-0.25, -0.2) is 15.0 Å². The van der Waals surface area contributed by atoms with E-state index in [0.717, 1.165) is 42.4 Å². The van der Waals surface area contributed by atoms with Crippen molar-refractivity contribution in [2.45, 2.75) is 33.7 Å². The van der Waals surface area contributed by atoms with Gasteiger partial charge in [-0.05, 0) is 39.3 Å². The van der Waals surface area contributed by atoms with Gasteiger partial charge in [0.25, 0.3) is 5.56 Å². The number of H-pyrrole nitrogens is 1. The Hall–Kier alpha value is -2.96. The molecular weight excluding hydrogens is 328 g/mol. The standard InChI is InChI=1S/C19H24N6O/c1-13-14(2)22-18(23-19(13)26)16-6-7-17(21-12-16)24(4)9-5-10-25-11-8-20-15(25)3/h6-8,11-12H,5,9-10H2,1-4H3,(H,22,23,26). The van der Waals surface area contributed by atoms with Gasteiger partial charge in [-0.3, -0.25) is 4.79 Å². The van der Waals surface area contributed by atoms with E-state index >= 15 is 0 Å². The molecule has 3 aromatic rings. The van der Waals surface area contributed by atoms with Crippen molar-refractivity contribution in [3.8, 4) is 11.4 Å². The van der Waals surface area contributed by atoms with Gasteiger partial charge in [0.1, 0.15) is 17.5 Å². The molecule has 0 saturated carbocycles. The van der Waals surface area contributed by atoms with Crippen LogP contribution in [0, 0.1) is 20.8 Å². The molecule has 0 amide bonds. The Morgan fingerprint density at radius 2 is 2.00 bits per heavy atom. The lowest BCUT2D eigenvalue weighted by Crippen LogP contribution is -2.21. The van der Waals surface area contributed by atoms with Crippen LogP contribution in [-0.4, -0.2) is 38.1 Å². The lowest BCUT2D eigenvalue weighted by atomic mass is 10.2. The van der Waals surface area contributed by atoms with Crippen molar-refractivity contribution in [2.75, 3.05) is 18.5 Å². The molecule has 0 saturated heterocycles. The Bertz CT molecular complexity index is 941. The monoisotopic (exact) mass is 352 g/mol. The number of hydrogen-bond donors (Lipinski definition) is 1. The number of pyridine rings is 1. The molecule has 0 spiro atoms. The van der Waals surface area contributed by atoms with Crippen LogP contribution in [0.4, 0.5) is 5.82 Å². The van der Waals surface area contributed by atoms with E-state index in [0.29, 0.717) is 11.4 Å². The van der Waals surface area contributed by atoms with Crippen molar-refractivity contribution in [3.63, 3.8) is 0 Å². The summed E-state index contributed by atoms with van der Waals surface area (Å²) >= 11 is 0. The topological polar surface area (TPSA) is 79.7 Å². The van der Waals surface area contributed by atoms with Gasteiger partial charge in [0.2, 0.25) is 0 Å². The zero-order valence-corrected chi connectivity index (χ0v) is 15.7. The van der Waals surface area contributed by atoms with Crippen LogP contribution in [0.2, 0.25) is 0 Å². The smallest absolute Gasteiger partial charge is 0.254 e. The van der Waals surface area contributed by atoms with Gasteiger partial charge in [-0.1, -0.05) is 0 Å². The summed E-state index contributed by atoms with van der Waals surface area (Å²) in [5.74, 6) is 2.47. The van der Waals surface area contributed by atoms with E-state index in [1.165, 1.54) is 0 Å². The maximum Gasteiger partial charge on any atom is 0.254 e. The van der Waals surface area contributed by atoms with Gasteiger partial charge in [0.05, 0.1) is 0 Å². The first-order valence-corrected chi connectivity index (χ1v) is 8.68. The fraction of sp³-hybridized carbons (Fsp3) is 0.368. The number of nitrogens with zero attached hydrogens (tertiary/aromatic N) is 5. The number of rotatable bonds is 6. The van der Waals surface area contributed by atoms with Gasteiger partial charge < -0.3 is 14.5 Å². The largest absolute Gasteiger partial charge is 0.360 e. The Morgan fingerprint density at radius 3 is 2.62 bits per heavy atom. The molecule has 0 bridgehead atoms. The second-order valence-electron chi connectivity index (χ2n) is 6.47. The molecule has 0 radical (unpaired) electrons. The zero-order valence-electron chi connectivity index (χ0n) is 15.7. The lowest BCUT2D eigenvalue weighted by molar-refractivity contribution is 0.621. The van der Waals surface area contributed by atoms with Crippen LogP contribution in [0.1, 0.15) is 23.5 Å². The number of anilines is 1. The van der Waals surface area contributed by atoms with E-state index in [2.05, 4.69) is 29.4 Å². The minimum Gasteiger partial charge on any atom is -0.360 e. The first kappa shape index (κ1) is 17.8. The van der Waals surface area contributed by atoms with Crippen LogP contribution in [0.3, 0.4) is 0 Å². The van der Waals surface area contributed by atoms with Crippen molar-refractivity contribution in [1.29, 1.82) is 0 Å². The minimum absolute atomic E-state index is 0.108. The van der Waals surface area contributed by atoms with Crippen molar-refractivity contribution in [3.05, 3.63) is 58.2 Å². The fourth-order valence-electron chi connectivity index (χ4n) is 2.77. The molecule has 3 heterocycles. The molecule has 0 fully saturated rings. The summed E-state index contributed by atoms with van der Waals surface area (Å²) in [5.41, 5.74) is 2.07. The normalized spacial score (nSPS) is 10.9. The third kappa shape index (κ3) is 3.82. The summed E-state index contributed by atoms with van der Waals surface area (Å²) in [4.78, 5) is 30.0. The number of imidazole rings is 1. The number of aromatic amines is 1. The summed E-state index contributed by atoms with van der Waals surface area (Å²) in [5, 5.41) is 0. The first-order chi connectivity index (χ1) is 12.5. The molecule has 3 rings (SSSR count). The molecule has 0 aromatic carbocycles.